The summed E-state index contributed by atoms with van der Waals surface area (Å²) in [5.74, 6) is 1.53. The summed E-state index contributed by atoms with van der Waals surface area (Å²) >= 11 is 1.23. The number of anilines is 1. The first-order valence-electron chi connectivity index (χ1n) is 9.18. The van der Waals surface area contributed by atoms with Gasteiger partial charge in [0.05, 0.1) is 11.7 Å². The van der Waals surface area contributed by atoms with Gasteiger partial charge in [-0.05, 0) is 37.3 Å². The van der Waals surface area contributed by atoms with Crippen LogP contribution in [0.4, 0.5) is 5.82 Å². The maximum atomic E-state index is 6.45. The third-order valence-electron chi connectivity index (χ3n) is 4.95. The molecule has 0 amide bonds. The van der Waals surface area contributed by atoms with Gasteiger partial charge in [0.25, 0.3) is 5.88 Å². The van der Waals surface area contributed by atoms with Crippen LogP contribution in [0.2, 0.25) is 0 Å². The number of piperidine rings is 1. The zero-order chi connectivity index (χ0) is 17.8. The number of aromatic nitrogens is 2. The monoisotopic (exact) mass is 365 g/mol. The van der Waals surface area contributed by atoms with Gasteiger partial charge in [-0.1, -0.05) is 60.7 Å². The summed E-state index contributed by atoms with van der Waals surface area (Å²) in [6.07, 6.45) is 3.47. The van der Waals surface area contributed by atoms with Crippen molar-refractivity contribution in [3.05, 3.63) is 71.8 Å². The lowest BCUT2D eigenvalue weighted by Crippen LogP contribution is -2.37. The van der Waals surface area contributed by atoms with E-state index < -0.39 is 0 Å². The van der Waals surface area contributed by atoms with E-state index in [1.165, 1.54) is 31.0 Å². The molecule has 0 spiro atoms. The Balaban J connectivity index is 1.66. The predicted octanol–water partition coefficient (Wildman–Crippen LogP) is 5.09. The minimum Gasteiger partial charge on any atom is -0.461 e. The molecular formula is C21H23N3OS. The van der Waals surface area contributed by atoms with Gasteiger partial charge in [-0.2, -0.15) is 4.37 Å². The Morgan fingerprint density at radius 3 is 2.23 bits per heavy atom. The molecule has 134 valence electrons. The maximum Gasteiger partial charge on any atom is 0.271 e. The lowest BCUT2D eigenvalue weighted by atomic mass is 10.0. The summed E-state index contributed by atoms with van der Waals surface area (Å²) in [5.41, 5.74) is 2.23. The molecule has 0 radical (unpaired) electrons. The van der Waals surface area contributed by atoms with E-state index in [-0.39, 0.29) is 6.10 Å². The van der Waals surface area contributed by atoms with Gasteiger partial charge in [0, 0.05) is 12.6 Å². The minimum absolute atomic E-state index is 0.194. The zero-order valence-electron chi connectivity index (χ0n) is 14.9. The third kappa shape index (κ3) is 3.58. The highest BCUT2D eigenvalue weighted by Gasteiger charge is 2.27. The molecule has 4 rings (SSSR count). The highest BCUT2D eigenvalue weighted by atomic mass is 32.1. The van der Waals surface area contributed by atoms with Gasteiger partial charge >= 0.3 is 0 Å². The zero-order valence-corrected chi connectivity index (χ0v) is 15.7. The average molecular weight is 366 g/mol. The molecule has 2 aromatic carbocycles. The van der Waals surface area contributed by atoms with Crippen LogP contribution in [0.3, 0.4) is 0 Å². The number of benzene rings is 2. The van der Waals surface area contributed by atoms with Crippen LogP contribution in [0.5, 0.6) is 5.88 Å². The smallest absolute Gasteiger partial charge is 0.271 e. The normalized spacial score (nSPS) is 17.5. The highest BCUT2D eigenvalue weighted by molar-refractivity contribution is 6.99. The molecule has 1 aliphatic rings. The number of rotatable bonds is 5. The Morgan fingerprint density at radius 1 is 0.962 bits per heavy atom. The molecule has 1 aromatic heterocycles. The SMILES string of the molecule is CC1CCCCN1c1nsnc1OC(c1ccccc1)c1ccccc1. The van der Waals surface area contributed by atoms with E-state index in [1.54, 1.807) is 0 Å². The van der Waals surface area contributed by atoms with Crippen molar-refractivity contribution in [2.24, 2.45) is 0 Å². The van der Waals surface area contributed by atoms with E-state index in [1.807, 2.05) is 36.4 Å². The second-order valence-corrected chi connectivity index (χ2v) is 7.28. The van der Waals surface area contributed by atoms with E-state index in [2.05, 4.69) is 44.8 Å². The second-order valence-electron chi connectivity index (χ2n) is 6.75. The lowest BCUT2D eigenvalue weighted by molar-refractivity contribution is 0.239. The van der Waals surface area contributed by atoms with Crippen molar-refractivity contribution < 1.29 is 4.74 Å². The van der Waals surface area contributed by atoms with Gasteiger partial charge in [0.2, 0.25) is 5.82 Å². The van der Waals surface area contributed by atoms with Crippen LogP contribution in [-0.4, -0.2) is 21.3 Å². The molecule has 2 heterocycles. The molecule has 4 nitrogen and oxygen atoms in total. The Bertz CT molecular complexity index is 782. The Kier molecular flexibility index (Phi) is 5.16. The first kappa shape index (κ1) is 17.0. The Labute approximate surface area is 158 Å². The van der Waals surface area contributed by atoms with Crippen molar-refractivity contribution in [3.63, 3.8) is 0 Å². The Hall–Kier alpha value is -2.40. The van der Waals surface area contributed by atoms with Gasteiger partial charge in [0.1, 0.15) is 0 Å². The standard InChI is InChI=1S/C21H23N3OS/c1-16-10-8-9-15-24(16)20-21(23-26-22-20)25-19(17-11-4-2-5-12-17)18-13-6-3-7-14-18/h2-7,11-14,16,19H,8-10,15H2,1H3. The maximum absolute atomic E-state index is 6.45. The molecule has 0 N–H and O–H groups in total. The summed E-state index contributed by atoms with van der Waals surface area (Å²) in [6.45, 7) is 3.28. The first-order chi connectivity index (χ1) is 12.8. The van der Waals surface area contributed by atoms with Crippen molar-refractivity contribution in [1.82, 2.24) is 8.75 Å². The van der Waals surface area contributed by atoms with Crippen molar-refractivity contribution in [2.45, 2.75) is 38.3 Å². The summed E-state index contributed by atoms with van der Waals surface area (Å²) in [7, 11) is 0. The quantitative estimate of drug-likeness (QED) is 0.631. The summed E-state index contributed by atoms with van der Waals surface area (Å²) in [4.78, 5) is 2.34. The molecule has 1 unspecified atom stereocenters. The molecular weight excluding hydrogens is 342 g/mol. The number of hydrogen-bond donors (Lipinski definition) is 0. The van der Waals surface area contributed by atoms with Crippen LogP contribution in [0.1, 0.15) is 43.4 Å². The second kappa shape index (κ2) is 7.87. The lowest BCUT2D eigenvalue weighted by Gasteiger charge is -2.33. The van der Waals surface area contributed by atoms with Crippen LogP contribution in [0.25, 0.3) is 0 Å². The van der Waals surface area contributed by atoms with Crippen LogP contribution in [-0.2, 0) is 0 Å². The topological polar surface area (TPSA) is 38.2 Å². The molecule has 3 aromatic rings. The minimum atomic E-state index is -0.194. The van der Waals surface area contributed by atoms with Gasteiger partial charge in [0.15, 0.2) is 6.10 Å². The molecule has 1 saturated heterocycles. The molecule has 5 heteroatoms. The highest BCUT2D eigenvalue weighted by Crippen LogP contribution is 2.35. The van der Waals surface area contributed by atoms with Crippen molar-refractivity contribution in [1.29, 1.82) is 0 Å². The molecule has 0 saturated carbocycles. The van der Waals surface area contributed by atoms with Crippen LogP contribution in [0.15, 0.2) is 60.7 Å². The number of ether oxygens (including phenoxy) is 1. The van der Waals surface area contributed by atoms with E-state index in [0.717, 1.165) is 23.5 Å². The Morgan fingerprint density at radius 2 is 1.62 bits per heavy atom. The first-order valence-corrected chi connectivity index (χ1v) is 9.91. The predicted molar refractivity (Wildman–Crippen MR) is 106 cm³/mol. The molecule has 0 bridgehead atoms. The summed E-state index contributed by atoms with van der Waals surface area (Å²) < 4.78 is 15.5. The van der Waals surface area contributed by atoms with Crippen LogP contribution in [0, 0.1) is 0 Å². The van der Waals surface area contributed by atoms with Gasteiger partial charge in [-0.15, -0.1) is 4.37 Å². The van der Waals surface area contributed by atoms with E-state index in [9.17, 15) is 0 Å². The van der Waals surface area contributed by atoms with Gasteiger partial charge < -0.3 is 9.64 Å². The third-order valence-corrected chi connectivity index (χ3v) is 5.45. The molecule has 0 aliphatic carbocycles. The fourth-order valence-corrected chi connectivity index (χ4v) is 4.03. The molecule has 26 heavy (non-hydrogen) atoms. The van der Waals surface area contributed by atoms with Crippen LogP contribution >= 0.6 is 11.7 Å². The van der Waals surface area contributed by atoms with E-state index in [0.29, 0.717) is 11.9 Å². The largest absolute Gasteiger partial charge is 0.461 e. The fraction of sp³-hybridized carbons (Fsp3) is 0.333. The molecule has 1 aliphatic heterocycles. The van der Waals surface area contributed by atoms with Crippen molar-refractivity contribution in [2.75, 3.05) is 11.4 Å². The van der Waals surface area contributed by atoms with Gasteiger partial charge in [-0.3, -0.25) is 0 Å². The van der Waals surface area contributed by atoms with E-state index >= 15 is 0 Å². The number of nitrogens with zero attached hydrogens (tertiary/aromatic N) is 3. The molecule has 1 fully saturated rings. The van der Waals surface area contributed by atoms with E-state index in [4.69, 9.17) is 4.74 Å². The molecule has 1 atom stereocenters. The van der Waals surface area contributed by atoms with Crippen molar-refractivity contribution >= 4 is 17.5 Å². The fourth-order valence-electron chi connectivity index (χ4n) is 3.53. The van der Waals surface area contributed by atoms with Gasteiger partial charge in [-0.25, -0.2) is 0 Å². The number of hydrogen-bond acceptors (Lipinski definition) is 5. The summed E-state index contributed by atoms with van der Waals surface area (Å²) in [6, 6.07) is 21.1. The summed E-state index contributed by atoms with van der Waals surface area (Å²) in [5, 5.41) is 0. The van der Waals surface area contributed by atoms with Crippen molar-refractivity contribution in [3.8, 4) is 5.88 Å². The van der Waals surface area contributed by atoms with Crippen LogP contribution < -0.4 is 9.64 Å². The average Bonchev–Trinajstić information content (AvgIpc) is 3.16.